The van der Waals surface area contributed by atoms with Gasteiger partial charge < -0.3 is 19.9 Å². The molecule has 1 aliphatic rings. The average molecular weight is 493 g/mol. The lowest BCUT2D eigenvalue weighted by atomic mass is 9.85. The van der Waals surface area contributed by atoms with Crippen molar-refractivity contribution in [3.63, 3.8) is 0 Å². The first-order valence-electron chi connectivity index (χ1n) is 10.7. The van der Waals surface area contributed by atoms with Crippen molar-refractivity contribution in [1.82, 2.24) is 25.0 Å². The fourth-order valence-corrected chi connectivity index (χ4v) is 4.36. The minimum atomic E-state index is -0.358. The Morgan fingerprint density at radius 1 is 1.14 bits per heavy atom. The maximum atomic E-state index is 12.8. The Hall–Kier alpha value is -4.18. The zero-order valence-electron chi connectivity index (χ0n) is 19.1. The number of benzene rings is 2. The molecule has 2 aromatic carbocycles. The maximum absolute atomic E-state index is 12.8. The SMILES string of the molecule is COc1cc([C@@H]2CC(=O)Nc3c2c(C)nn3-c2nncc(-c3ccc(Cl)cc3)n2)cc(OC)c1O. The molecule has 0 saturated carbocycles. The number of phenolic OH excluding ortho intramolecular Hbond substituents is 1. The maximum Gasteiger partial charge on any atom is 0.272 e. The summed E-state index contributed by atoms with van der Waals surface area (Å²) in [5.41, 5.74) is 3.63. The van der Waals surface area contributed by atoms with Crippen LogP contribution in [-0.4, -0.2) is 50.2 Å². The Labute approximate surface area is 205 Å². The van der Waals surface area contributed by atoms with Crippen LogP contribution in [0.3, 0.4) is 0 Å². The number of aromatic hydroxyl groups is 1. The van der Waals surface area contributed by atoms with E-state index in [1.807, 2.05) is 19.1 Å². The smallest absolute Gasteiger partial charge is 0.272 e. The van der Waals surface area contributed by atoms with Crippen molar-refractivity contribution in [3.05, 3.63) is 64.4 Å². The molecule has 0 saturated heterocycles. The van der Waals surface area contributed by atoms with Crippen molar-refractivity contribution >= 4 is 23.3 Å². The molecular weight excluding hydrogens is 472 g/mol. The third-order valence-electron chi connectivity index (χ3n) is 5.88. The van der Waals surface area contributed by atoms with Crippen molar-refractivity contribution in [1.29, 1.82) is 0 Å². The number of phenols is 1. The van der Waals surface area contributed by atoms with E-state index in [9.17, 15) is 9.90 Å². The molecule has 3 heterocycles. The number of methoxy groups -OCH3 is 2. The zero-order chi connectivity index (χ0) is 24.7. The standard InChI is InChI=1S/C24H21ClN6O4/c1-12-21-16(14-8-18(34-2)22(33)19(9-14)35-3)10-20(32)28-23(21)31(30-12)24-27-17(11-26-29-24)13-4-6-15(25)7-5-13/h4-9,11,16,33H,10H2,1-3H3,(H,28,32)/t16-/m0/s1. The summed E-state index contributed by atoms with van der Waals surface area (Å²) < 4.78 is 12.1. The van der Waals surface area contributed by atoms with Gasteiger partial charge in [-0.1, -0.05) is 23.7 Å². The molecule has 178 valence electrons. The summed E-state index contributed by atoms with van der Waals surface area (Å²) in [6.07, 6.45) is 1.73. The third-order valence-corrected chi connectivity index (χ3v) is 6.14. The number of carbonyl (C=O) groups is 1. The highest BCUT2D eigenvalue weighted by Gasteiger charge is 2.34. The quantitative estimate of drug-likeness (QED) is 0.430. The van der Waals surface area contributed by atoms with Crippen LogP contribution in [0.5, 0.6) is 17.2 Å². The lowest BCUT2D eigenvalue weighted by molar-refractivity contribution is -0.116. The van der Waals surface area contributed by atoms with Crippen molar-refractivity contribution in [2.75, 3.05) is 19.5 Å². The number of aromatic nitrogens is 5. The first-order valence-corrected chi connectivity index (χ1v) is 11.1. The van der Waals surface area contributed by atoms with Crippen LogP contribution in [0.25, 0.3) is 17.2 Å². The second-order valence-electron chi connectivity index (χ2n) is 7.99. The van der Waals surface area contributed by atoms with E-state index < -0.39 is 0 Å². The molecular formula is C24H21ClN6O4. The highest BCUT2D eigenvalue weighted by molar-refractivity contribution is 6.30. The van der Waals surface area contributed by atoms with Gasteiger partial charge in [-0.05, 0) is 36.8 Å². The molecule has 0 aliphatic carbocycles. The topological polar surface area (TPSA) is 124 Å². The van der Waals surface area contributed by atoms with Gasteiger partial charge >= 0.3 is 0 Å². The molecule has 0 bridgehead atoms. The Balaban J connectivity index is 1.62. The fraction of sp³-hybridized carbons (Fsp3) is 0.208. The molecule has 11 heteroatoms. The Bertz CT molecular complexity index is 1410. The molecule has 0 radical (unpaired) electrons. The van der Waals surface area contributed by atoms with Crippen LogP contribution in [-0.2, 0) is 4.79 Å². The van der Waals surface area contributed by atoms with E-state index in [4.69, 9.17) is 21.1 Å². The number of carbonyl (C=O) groups excluding carboxylic acids is 1. The number of rotatable bonds is 5. The van der Waals surface area contributed by atoms with Crippen molar-refractivity contribution < 1.29 is 19.4 Å². The molecule has 35 heavy (non-hydrogen) atoms. The molecule has 1 atom stereocenters. The number of hydrogen-bond donors (Lipinski definition) is 2. The second-order valence-corrected chi connectivity index (χ2v) is 8.42. The van der Waals surface area contributed by atoms with Gasteiger partial charge in [0, 0.05) is 28.5 Å². The largest absolute Gasteiger partial charge is 0.502 e. The lowest BCUT2D eigenvalue weighted by Gasteiger charge is -2.25. The number of halogens is 1. The highest BCUT2D eigenvalue weighted by Crippen LogP contribution is 2.45. The van der Waals surface area contributed by atoms with Crippen LogP contribution >= 0.6 is 11.6 Å². The Morgan fingerprint density at radius 2 is 1.83 bits per heavy atom. The molecule has 0 spiro atoms. The minimum Gasteiger partial charge on any atom is -0.502 e. The number of ether oxygens (including phenoxy) is 2. The van der Waals surface area contributed by atoms with Gasteiger partial charge in [-0.15, -0.1) is 5.10 Å². The van der Waals surface area contributed by atoms with Crippen LogP contribution < -0.4 is 14.8 Å². The fourth-order valence-electron chi connectivity index (χ4n) is 4.24. The summed E-state index contributed by atoms with van der Waals surface area (Å²) in [4.78, 5) is 17.4. The summed E-state index contributed by atoms with van der Waals surface area (Å²) in [6.45, 7) is 1.85. The Morgan fingerprint density at radius 3 is 2.49 bits per heavy atom. The third kappa shape index (κ3) is 4.01. The minimum absolute atomic E-state index is 0.106. The lowest BCUT2D eigenvalue weighted by Crippen LogP contribution is -2.25. The van der Waals surface area contributed by atoms with Gasteiger partial charge in [0.25, 0.3) is 5.95 Å². The van der Waals surface area contributed by atoms with Crippen LogP contribution in [0.4, 0.5) is 5.82 Å². The summed E-state index contributed by atoms with van der Waals surface area (Å²) in [6, 6.07) is 10.6. The van der Waals surface area contributed by atoms with E-state index in [2.05, 4.69) is 25.6 Å². The van der Waals surface area contributed by atoms with Gasteiger partial charge in [0.05, 0.1) is 31.8 Å². The van der Waals surface area contributed by atoms with E-state index in [-0.39, 0.29) is 41.4 Å². The van der Waals surface area contributed by atoms with Gasteiger partial charge in [-0.3, -0.25) is 4.79 Å². The average Bonchev–Trinajstić information content (AvgIpc) is 3.20. The molecule has 0 unspecified atom stereocenters. The van der Waals surface area contributed by atoms with Crippen LogP contribution in [0.1, 0.15) is 29.2 Å². The first-order chi connectivity index (χ1) is 16.9. The number of fused-ring (bicyclic) bond motifs is 1. The summed E-state index contributed by atoms with van der Waals surface area (Å²) in [5, 5.41) is 26.7. The number of anilines is 1. The molecule has 1 amide bonds. The summed E-state index contributed by atoms with van der Waals surface area (Å²) in [5.74, 6) is 0.513. The molecule has 2 aromatic heterocycles. The highest BCUT2D eigenvalue weighted by atomic mass is 35.5. The van der Waals surface area contributed by atoms with E-state index in [0.29, 0.717) is 22.2 Å². The predicted octanol–water partition coefficient (Wildman–Crippen LogP) is 3.88. The van der Waals surface area contributed by atoms with Crippen LogP contribution in [0.2, 0.25) is 5.02 Å². The van der Waals surface area contributed by atoms with Crippen molar-refractivity contribution in [3.8, 4) is 34.5 Å². The normalized spacial score (nSPS) is 14.9. The first kappa shape index (κ1) is 22.6. The summed E-state index contributed by atoms with van der Waals surface area (Å²) in [7, 11) is 2.91. The van der Waals surface area contributed by atoms with E-state index in [1.54, 1.807) is 30.5 Å². The van der Waals surface area contributed by atoms with Gasteiger partial charge in [0.1, 0.15) is 5.82 Å². The van der Waals surface area contributed by atoms with Gasteiger partial charge in [-0.2, -0.15) is 14.9 Å². The van der Waals surface area contributed by atoms with Crippen molar-refractivity contribution in [2.45, 2.75) is 19.3 Å². The van der Waals surface area contributed by atoms with E-state index in [1.165, 1.54) is 18.9 Å². The zero-order valence-corrected chi connectivity index (χ0v) is 19.9. The molecule has 2 N–H and O–H groups in total. The van der Waals surface area contributed by atoms with Crippen LogP contribution in [0.15, 0.2) is 42.6 Å². The van der Waals surface area contributed by atoms with E-state index in [0.717, 1.165) is 16.7 Å². The van der Waals surface area contributed by atoms with Gasteiger partial charge in [0.15, 0.2) is 11.5 Å². The number of hydrogen-bond acceptors (Lipinski definition) is 8. The monoisotopic (exact) mass is 492 g/mol. The number of nitrogens with zero attached hydrogens (tertiary/aromatic N) is 5. The molecule has 1 aliphatic heterocycles. The van der Waals surface area contributed by atoms with Gasteiger partial charge in [0.2, 0.25) is 11.7 Å². The van der Waals surface area contributed by atoms with E-state index >= 15 is 0 Å². The Kier molecular flexibility index (Phi) is 5.73. The van der Waals surface area contributed by atoms with Crippen molar-refractivity contribution in [2.24, 2.45) is 0 Å². The van der Waals surface area contributed by atoms with Gasteiger partial charge in [-0.25, -0.2) is 4.98 Å². The molecule has 4 aromatic rings. The molecule has 5 rings (SSSR count). The number of amides is 1. The number of aryl methyl sites for hydroxylation is 1. The van der Waals surface area contributed by atoms with Crippen LogP contribution in [0, 0.1) is 6.92 Å². The predicted molar refractivity (Wildman–Crippen MR) is 128 cm³/mol. The number of nitrogens with one attached hydrogen (secondary N) is 1. The molecule has 0 fully saturated rings. The second kappa shape index (κ2) is 8.88. The molecule has 10 nitrogen and oxygen atoms in total. The summed E-state index contributed by atoms with van der Waals surface area (Å²) >= 11 is 6.00.